The number of hydrogen-bond acceptors (Lipinski definition) is 7. The zero-order chi connectivity index (χ0) is 18.1. The fraction of sp³-hybridized carbons (Fsp3) is 0.222. The van der Waals surface area contributed by atoms with Crippen LogP contribution in [0.4, 0.5) is 0 Å². The molecule has 0 unspecified atom stereocenters. The summed E-state index contributed by atoms with van der Waals surface area (Å²) < 4.78 is 7.03. The van der Waals surface area contributed by atoms with Crippen LogP contribution in [0.5, 0.6) is 0 Å². The molecule has 0 aliphatic carbocycles. The highest BCUT2D eigenvalue weighted by Gasteiger charge is 2.16. The van der Waals surface area contributed by atoms with Gasteiger partial charge in [-0.25, -0.2) is 4.98 Å². The van der Waals surface area contributed by atoms with Gasteiger partial charge in [-0.2, -0.15) is 16.3 Å². The molecule has 0 saturated carbocycles. The molecule has 0 aliphatic heterocycles. The Morgan fingerprint density at radius 3 is 2.85 bits per heavy atom. The highest BCUT2D eigenvalue weighted by atomic mass is 32.2. The van der Waals surface area contributed by atoms with Crippen molar-refractivity contribution in [2.45, 2.75) is 30.8 Å². The summed E-state index contributed by atoms with van der Waals surface area (Å²) in [4.78, 5) is 21.9. The quantitative estimate of drug-likeness (QED) is 0.375. The molecule has 0 bridgehead atoms. The Kier molecular flexibility index (Phi) is 4.60. The first kappa shape index (κ1) is 17.0. The van der Waals surface area contributed by atoms with Gasteiger partial charge in [0.15, 0.2) is 11.0 Å². The van der Waals surface area contributed by atoms with E-state index in [-0.39, 0.29) is 11.6 Å². The molecule has 8 heteroatoms. The molecule has 0 atom stereocenters. The Morgan fingerprint density at radius 1 is 1.23 bits per heavy atom. The molecule has 0 fully saturated rings. The van der Waals surface area contributed by atoms with Crippen molar-refractivity contribution in [3.63, 3.8) is 0 Å². The summed E-state index contributed by atoms with van der Waals surface area (Å²) in [5.74, 6) is 1.56. The molecule has 3 heterocycles. The van der Waals surface area contributed by atoms with Crippen LogP contribution in [0.3, 0.4) is 0 Å². The van der Waals surface area contributed by atoms with Gasteiger partial charge in [-0.1, -0.05) is 29.1 Å². The van der Waals surface area contributed by atoms with Gasteiger partial charge in [0.05, 0.1) is 22.2 Å². The van der Waals surface area contributed by atoms with Gasteiger partial charge in [-0.05, 0) is 37.4 Å². The zero-order valence-corrected chi connectivity index (χ0v) is 15.9. The molecule has 0 radical (unpaired) electrons. The van der Waals surface area contributed by atoms with Gasteiger partial charge in [-0.15, -0.1) is 0 Å². The van der Waals surface area contributed by atoms with Crippen LogP contribution in [-0.2, 0) is 5.75 Å². The number of benzene rings is 1. The van der Waals surface area contributed by atoms with Gasteiger partial charge in [0.2, 0.25) is 0 Å². The van der Waals surface area contributed by atoms with Crippen molar-refractivity contribution in [3.05, 3.63) is 57.3 Å². The Morgan fingerprint density at radius 2 is 2.08 bits per heavy atom. The van der Waals surface area contributed by atoms with E-state index in [1.165, 1.54) is 11.8 Å². The minimum atomic E-state index is -0.0276. The summed E-state index contributed by atoms with van der Waals surface area (Å²) in [5, 5.41) is 9.25. The van der Waals surface area contributed by atoms with Gasteiger partial charge in [-0.3, -0.25) is 9.36 Å². The van der Waals surface area contributed by atoms with Gasteiger partial charge in [0.1, 0.15) is 0 Å². The number of nitrogens with zero attached hydrogens (tertiary/aromatic N) is 4. The number of hydrogen-bond donors (Lipinski definition) is 0. The molecule has 0 amide bonds. The molecular formula is C18H16N4O2S2. The topological polar surface area (TPSA) is 73.8 Å². The monoisotopic (exact) mass is 384 g/mol. The second-order valence-electron chi connectivity index (χ2n) is 6.00. The molecular weight excluding hydrogens is 368 g/mol. The fourth-order valence-corrected chi connectivity index (χ4v) is 4.23. The maximum atomic E-state index is 12.8. The van der Waals surface area contributed by atoms with Crippen molar-refractivity contribution in [1.29, 1.82) is 0 Å². The second-order valence-corrected chi connectivity index (χ2v) is 7.72. The Labute approximate surface area is 157 Å². The number of aromatic nitrogens is 4. The number of para-hydroxylation sites is 1. The van der Waals surface area contributed by atoms with Gasteiger partial charge < -0.3 is 4.52 Å². The predicted octanol–water partition coefficient (Wildman–Crippen LogP) is 4.38. The summed E-state index contributed by atoms with van der Waals surface area (Å²) in [7, 11) is 0. The van der Waals surface area contributed by atoms with Crippen LogP contribution in [0.15, 0.2) is 55.6 Å². The molecule has 0 N–H and O–H groups in total. The Balaban J connectivity index is 1.65. The van der Waals surface area contributed by atoms with Crippen LogP contribution in [-0.4, -0.2) is 19.7 Å². The molecule has 4 aromatic rings. The average Bonchev–Trinajstić information content (AvgIpc) is 3.31. The minimum Gasteiger partial charge on any atom is -0.334 e. The van der Waals surface area contributed by atoms with E-state index >= 15 is 0 Å². The fourth-order valence-electron chi connectivity index (χ4n) is 2.63. The number of fused-ring (bicyclic) bond motifs is 1. The number of thiophene rings is 1. The summed E-state index contributed by atoms with van der Waals surface area (Å²) in [6, 6.07) is 9.35. The summed E-state index contributed by atoms with van der Waals surface area (Å²) >= 11 is 3.02. The molecule has 132 valence electrons. The molecule has 0 saturated heterocycles. The van der Waals surface area contributed by atoms with Crippen molar-refractivity contribution in [3.8, 4) is 11.5 Å². The highest BCUT2D eigenvalue weighted by molar-refractivity contribution is 7.98. The standard InChI is InChI=1S/C18H16N4O2S2/c1-11(2)22-17(23)13-5-3-4-6-14(13)19-18(22)26-10-15-20-16(24-21-15)12-7-8-25-9-12/h3-9,11H,10H2,1-2H3. The van der Waals surface area contributed by atoms with Crippen molar-refractivity contribution >= 4 is 34.0 Å². The number of thioether (sulfide) groups is 1. The van der Waals surface area contributed by atoms with Crippen LogP contribution in [0.25, 0.3) is 22.4 Å². The first-order chi connectivity index (χ1) is 12.6. The molecule has 4 rings (SSSR count). The summed E-state index contributed by atoms with van der Waals surface area (Å²) in [6.45, 7) is 3.95. The first-order valence-electron chi connectivity index (χ1n) is 8.12. The lowest BCUT2D eigenvalue weighted by atomic mass is 10.2. The van der Waals surface area contributed by atoms with E-state index in [0.29, 0.717) is 33.5 Å². The molecule has 3 aromatic heterocycles. The van der Waals surface area contributed by atoms with Crippen LogP contribution in [0.2, 0.25) is 0 Å². The van der Waals surface area contributed by atoms with E-state index < -0.39 is 0 Å². The maximum absolute atomic E-state index is 12.8. The van der Waals surface area contributed by atoms with Crippen molar-refractivity contribution in [1.82, 2.24) is 19.7 Å². The molecule has 6 nitrogen and oxygen atoms in total. The zero-order valence-electron chi connectivity index (χ0n) is 14.2. The van der Waals surface area contributed by atoms with E-state index in [1.807, 2.05) is 54.9 Å². The molecule has 1 aromatic carbocycles. The highest BCUT2D eigenvalue weighted by Crippen LogP contribution is 2.25. The van der Waals surface area contributed by atoms with E-state index in [1.54, 1.807) is 15.9 Å². The average molecular weight is 384 g/mol. The third-order valence-corrected chi connectivity index (χ3v) is 5.49. The van der Waals surface area contributed by atoms with E-state index in [9.17, 15) is 4.79 Å². The van der Waals surface area contributed by atoms with Gasteiger partial charge >= 0.3 is 0 Å². The molecule has 0 aliphatic rings. The second kappa shape index (κ2) is 7.05. The summed E-state index contributed by atoms with van der Waals surface area (Å²) in [5.41, 5.74) is 1.59. The van der Waals surface area contributed by atoms with Crippen LogP contribution >= 0.6 is 23.1 Å². The molecule has 26 heavy (non-hydrogen) atoms. The lowest BCUT2D eigenvalue weighted by Crippen LogP contribution is -2.25. The number of rotatable bonds is 5. The third-order valence-electron chi connectivity index (χ3n) is 3.86. The van der Waals surface area contributed by atoms with Crippen molar-refractivity contribution in [2.75, 3.05) is 0 Å². The minimum absolute atomic E-state index is 0.00809. The van der Waals surface area contributed by atoms with Crippen LogP contribution < -0.4 is 5.56 Å². The maximum Gasteiger partial charge on any atom is 0.262 e. The lowest BCUT2D eigenvalue weighted by Gasteiger charge is -2.15. The van der Waals surface area contributed by atoms with Crippen molar-refractivity contribution in [2.24, 2.45) is 0 Å². The normalized spacial score (nSPS) is 11.5. The lowest BCUT2D eigenvalue weighted by molar-refractivity contribution is 0.425. The first-order valence-corrected chi connectivity index (χ1v) is 10.1. The van der Waals surface area contributed by atoms with Crippen LogP contribution in [0, 0.1) is 0 Å². The van der Waals surface area contributed by atoms with E-state index in [2.05, 4.69) is 15.1 Å². The van der Waals surface area contributed by atoms with Gasteiger partial charge in [0, 0.05) is 11.4 Å². The van der Waals surface area contributed by atoms with Crippen LogP contribution in [0.1, 0.15) is 25.7 Å². The third kappa shape index (κ3) is 3.17. The predicted molar refractivity (Wildman–Crippen MR) is 104 cm³/mol. The van der Waals surface area contributed by atoms with E-state index in [4.69, 9.17) is 4.52 Å². The Hall–Kier alpha value is -2.45. The Bertz CT molecular complexity index is 1100. The van der Waals surface area contributed by atoms with E-state index in [0.717, 1.165) is 5.56 Å². The SMILES string of the molecule is CC(C)n1c(SCc2noc(-c3ccsc3)n2)nc2ccccc2c1=O. The molecule has 0 spiro atoms. The smallest absolute Gasteiger partial charge is 0.262 e. The largest absolute Gasteiger partial charge is 0.334 e. The summed E-state index contributed by atoms with van der Waals surface area (Å²) in [6.07, 6.45) is 0. The van der Waals surface area contributed by atoms with Gasteiger partial charge in [0.25, 0.3) is 11.4 Å². The van der Waals surface area contributed by atoms with Crippen molar-refractivity contribution < 1.29 is 4.52 Å².